The molecule has 1 rings (SSSR count). The summed E-state index contributed by atoms with van der Waals surface area (Å²) in [5, 5.41) is 0. The summed E-state index contributed by atoms with van der Waals surface area (Å²) < 4.78 is 15.5. The number of benzene rings is 1. The Kier molecular flexibility index (Phi) is 5.56. The summed E-state index contributed by atoms with van der Waals surface area (Å²) in [6.45, 7) is 0.394. The number of methoxy groups -OCH3 is 2. The van der Waals surface area contributed by atoms with Crippen LogP contribution in [0.5, 0.6) is 11.5 Å². The molecular weight excluding hydrogens is 278 g/mol. The van der Waals surface area contributed by atoms with E-state index in [1.54, 1.807) is 12.1 Å². The molecule has 0 aliphatic carbocycles. The molecule has 0 amide bonds. The third-order valence-corrected chi connectivity index (χ3v) is 4.10. The fourth-order valence-electron chi connectivity index (χ4n) is 1.53. The van der Waals surface area contributed by atoms with Gasteiger partial charge in [-0.15, -0.1) is 0 Å². The van der Waals surface area contributed by atoms with Gasteiger partial charge in [-0.2, -0.15) is 0 Å². The van der Waals surface area contributed by atoms with Crippen LogP contribution in [0.15, 0.2) is 12.1 Å². The molecular formula is C14H23NO4S. The Labute approximate surface area is 121 Å². The SMILES string of the molecule is COc1cc(N)c(C(=O)OCCS(C)(C)C)cc1OC. The first-order valence-corrected chi connectivity index (χ1v) is 9.16. The van der Waals surface area contributed by atoms with Crippen LogP contribution in [0, 0.1) is 0 Å². The molecule has 0 aliphatic rings. The number of rotatable bonds is 6. The van der Waals surface area contributed by atoms with Crippen molar-refractivity contribution in [2.45, 2.75) is 0 Å². The van der Waals surface area contributed by atoms with Crippen LogP contribution in [0.2, 0.25) is 0 Å². The number of hydrogen-bond donors (Lipinski definition) is 1. The lowest BCUT2D eigenvalue weighted by molar-refractivity contribution is 0.0531. The van der Waals surface area contributed by atoms with Crippen molar-refractivity contribution < 1.29 is 19.0 Å². The van der Waals surface area contributed by atoms with E-state index < -0.39 is 16.0 Å². The highest BCUT2D eigenvalue weighted by atomic mass is 32.3. The van der Waals surface area contributed by atoms with Crippen molar-refractivity contribution in [2.24, 2.45) is 0 Å². The highest BCUT2D eigenvalue weighted by Gasteiger charge is 2.17. The molecule has 0 fully saturated rings. The van der Waals surface area contributed by atoms with E-state index >= 15 is 0 Å². The molecule has 20 heavy (non-hydrogen) atoms. The first-order chi connectivity index (χ1) is 9.28. The summed E-state index contributed by atoms with van der Waals surface area (Å²) in [6.07, 6.45) is 6.52. The van der Waals surface area contributed by atoms with Crippen LogP contribution in [0.3, 0.4) is 0 Å². The summed E-state index contributed by atoms with van der Waals surface area (Å²) in [4.78, 5) is 12.0. The van der Waals surface area contributed by atoms with Crippen molar-refractivity contribution in [1.29, 1.82) is 0 Å². The van der Waals surface area contributed by atoms with Gasteiger partial charge in [0.1, 0.15) is 0 Å². The summed E-state index contributed by atoms with van der Waals surface area (Å²) in [5.74, 6) is 1.37. The van der Waals surface area contributed by atoms with Gasteiger partial charge in [0, 0.05) is 17.9 Å². The Morgan fingerprint density at radius 1 is 1.15 bits per heavy atom. The Hall–Kier alpha value is -1.56. The molecule has 0 saturated heterocycles. The van der Waals surface area contributed by atoms with E-state index in [1.807, 2.05) is 0 Å². The smallest absolute Gasteiger partial charge is 0.340 e. The lowest BCUT2D eigenvalue weighted by atomic mass is 10.1. The molecule has 0 spiro atoms. The number of ether oxygens (including phenoxy) is 3. The van der Waals surface area contributed by atoms with Crippen LogP contribution in [-0.4, -0.2) is 51.3 Å². The van der Waals surface area contributed by atoms with Crippen LogP contribution >= 0.6 is 10.0 Å². The number of esters is 1. The second-order valence-electron chi connectivity index (χ2n) is 5.23. The molecule has 114 valence electrons. The van der Waals surface area contributed by atoms with Crippen LogP contribution in [0.1, 0.15) is 10.4 Å². The van der Waals surface area contributed by atoms with E-state index in [1.165, 1.54) is 14.2 Å². The van der Waals surface area contributed by atoms with Gasteiger partial charge in [0.25, 0.3) is 0 Å². The van der Waals surface area contributed by atoms with Crippen LogP contribution in [-0.2, 0) is 4.74 Å². The zero-order valence-electron chi connectivity index (χ0n) is 12.7. The van der Waals surface area contributed by atoms with Gasteiger partial charge in [-0.3, -0.25) is 0 Å². The molecule has 1 aromatic carbocycles. The van der Waals surface area contributed by atoms with E-state index in [9.17, 15) is 4.79 Å². The van der Waals surface area contributed by atoms with Crippen molar-refractivity contribution in [3.05, 3.63) is 17.7 Å². The number of nitrogen functional groups attached to an aromatic ring is 1. The van der Waals surface area contributed by atoms with Gasteiger partial charge in [-0.1, -0.05) is 0 Å². The molecule has 0 aliphatic heterocycles. The first-order valence-electron chi connectivity index (χ1n) is 6.13. The Balaban J connectivity index is 2.82. The number of nitrogens with two attached hydrogens (primary N) is 1. The average Bonchev–Trinajstić information content (AvgIpc) is 2.36. The molecule has 0 saturated carbocycles. The lowest BCUT2D eigenvalue weighted by Gasteiger charge is -2.24. The molecule has 0 unspecified atom stereocenters. The van der Waals surface area contributed by atoms with Crippen molar-refractivity contribution in [3.63, 3.8) is 0 Å². The van der Waals surface area contributed by atoms with Crippen molar-refractivity contribution in [1.82, 2.24) is 0 Å². The quantitative estimate of drug-likeness (QED) is 0.644. The van der Waals surface area contributed by atoms with Crippen molar-refractivity contribution in [2.75, 3.05) is 51.1 Å². The van der Waals surface area contributed by atoms with Crippen LogP contribution < -0.4 is 15.2 Å². The number of carbonyl (C=O) groups is 1. The Morgan fingerprint density at radius 2 is 1.70 bits per heavy atom. The second kappa shape index (κ2) is 6.74. The van der Waals surface area contributed by atoms with Crippen LogP contribution in [0.25, 0.3) is 0 Å². The molecule has 0 heterocycles. The summed E-state index contributed by atoms with van der Waals surface area (Å²) in [6, 6.07) is 3.10. The van der Waals surface area contributed by atoms with E-state index in [0.29, 0.717) is 29.4 Å². The van der Waals surface area contributed by atoms with Gasteiger partial charge in [-0.05, 0) is 18.8 Å². The van der Waals surface area contributed by atoms with E-state index in [2.05, 4.69) is 18.8 Å². The second-order valence-corrected chi connectivity index (χ2v) is 9.82. The predicted octanol–water partition coefficient (Wildman–Crippen LogP) is 2.14. The summed E-state index contributed by atoms with van der Waals surface area (Å²) in [7, 11) is 2.33. The van der Waals surface area contributed by atoms with Crippen molar-refractivity contribution >= 4 is 21.7 Å². The third kappa shape index (κ3) is 4.52. The molecule has 0 aromatic heterocycles. The molecule has 6 heteroatoms. The minimum Gasteiger partial charge on any atom is -0.493 e. The standard InChI is InChI=1S/C14H23NO4S/c1-17-12-8-10(11(15)9-13(12)18-2)14(16)19-6-7-20(3,4)5/h8-9H,6-7,15H2,1-5H3. The molecule has 2 N–H and O–H groups in total. The van der Waals surface area contributed by atoms with Gasteiger partial charge in [0.05, 0.1) is 32.1 Å². The Morgan fingerprint density at radius 3 is 2.20 bits per heavy atom. The fraction of sp³-hybridized carbons (Fsp3) is 0.500. The summed E-state index contributed by atoms with van der Waals surface area (Å²) in [5.41, 5.74) is 6.46. The number of hydrogen-bond acceptors (Lipinski definition) is 5. The topological polar surface area (TPSA) is 70.8 Å². The Bertz CT molecular complexity index is 483. The normalized spacial score (nSPS) is 11.8. The molecule has 5 nitrogen and oxygen atoms in total. The minimum absolute atomic E-state index is 0.298. The molecule has 0 radical (unpaired) electrons. The van der Waals surface area contributed by atoms with Gasteiger partial charge < -0.3 is 19.9 Å². The minimum atomic E-state index is -0.689. The number of anilines is 1. The maximum atomic E-state index is 12.0. The molecule has 0 atom stereocenters. The zero-order valence-corrected chi connectivity index (χ0v) is 13.5. The monoisotopic (exact) mass is 301 g/mol. The van der Waals surface area contributed by atoms with Gasteiger partial charge in [0.15, 0.2) is 11.5 Å². The molecule has 1 aromatic rings. The highest BCUT2D eigenvalue weighted by molar-refractivity contribution is 8.32. The molecule has 0 bridgehead atoms. The maximum Gasteiger partial charge on any atom is 0.340 e. The summed E-state index contributed by atoms with van der Waals surface area (Å²) >= 11 is 0. The van der Waals surface area contributed by atoms with Gasteiger partial charge in [0.2, 0.25) is 0 Å². The van der Waals surface area contributed by atoms with Gasteiger partial charge >= 0.3 is 5.97 Å². The van der Waals surface area contributed by atoms with E-state index in [-0.39, 0.29) is 0 Å². The fourth-order valence-corrected chi connectivity index (χ4v) is 2.12. The van der Waals surface area contributed by atoms with Crippen LogP contribution in [0.4, 0.5) is 5.69 Å². The lowest BCUT2D eigenvalue weighted by Crippen LogP contribution is -2.14. The predicted molar refractivity (Wildman–Crippen MR) is 84.5 cm³/mol. The maximum absolute atomic E-state index is 12.0. The third-order valence-electron chi connectivity index (χ3n) is 2.70. The average molecular weight is 301 g/mol. The highest BCUT2D eigenvalue weighted by Crippen LogP contribution is 2.34. The van der Waals surface area contributed by atoms with Crippen molar-refractivity contribution in [3.8, 4) is 11.5 Å². The van der Waals surface area contributed by atoms with Gasteiger partial charge in [-0.25, -0.2) is 14.8 Å². The number of carbonyl (C=O) groups excluding carboxylic acids is 1. The zero-order chi connectivity index (χ0) is 15.3. The van der Waals surface area contributed by atoms with E-state index in [4.69, 9.17) is 19.9 Å². The first kappa shape index (κ1) is 16.5. The largest absolute Gasteiger partial charge is 0.493 e. The van der Waals surface area contributed by atoms with E-state index in [0.717, 1.165) is 5.75 Å².